The van der Waals surface area contributed by atoms with Gasteiger partial charge in [0.2, 0.25) is 10.0 Å². The van der Waals surface area contributed by atoms with Gasteiger partial charge in [0, 0.05) is 20.7 Å². The molecule has 0 saturated carbocycles. The zero-order valence-electron chi connectivity index (χ0n) is 10.9. The average molecular weight is 287 g/mol. The van der Waals surface area contributed by atoms with E-state index in [-0.39, 0.29) is 17.9 Å². The van der Waals surface area contributed by atoms with Gasteiger partial charge < -0.3 is 9.84 Å². The maximum Gasteiger partial charge on any atom is 0.304 e. The van der Waals surface area contributed by atoms with Crippen LogP contribution in [0.3, 0.4) is 0 Å². The number of methoxy groups -OCH3 is 1. The molecule has 106 valence electrons. The van der Waals surface area contributed by atoms with Gasteiger partial charge in [0.25, 0.3) is 0 Å². The molecule has 1 N–H and O–H groups in total. The Morgan fingerprint density at radius 1 is 1.32 bits per heavy atom. The van der Waals surface area contributed by atoms with Crippen LogP contribution in [0.4, 0.5) is 0 Å². The molecule has 0 atom stereocenters. The molecular formula is C12H17NO5S. The van der Waals surface area contributed by atoms with E-state index in [9.17, 15) is 13.2 Å². The molecule has 0 aliphatic carbocycles. The highest BCUT2D eigenvalue weighted by molar-refractivity contribution is 7.89. The molecule has 6 nitrogen and oxygen atoms in total. The number of nitrogens with zero attached hydrogens (tertiary/aromatic N) is 1. The maximum atomic E-state index is 12.1. The predicted molar refractivity (Wildman–Crippen MR) is 69.2 cm³/mol. The molecule has 0 radical (unpaired) electrons. The van der Waals surface area contributed by atoms with Gasteiger partial charge in [0.05, 0.1) is 17.9 Å². The fraction of sp³-hybridized carbons (Fsp3) is 0.417. The van der Waals surface area contributed by atoms with Gasteiger partial charge in [0.1, 0.15) is 0 Å². The summed E-state index contributed by atoms with van der Waals surface area (Å²) in [6.45, 7) is 0.354. The van der Waals surface area contributed by atoms with Crippen LogP contribution in [0.2, 0.25) is 0 Å². The molecule has 0 aliphatic heterocycles. The van der Waals surface area contributed by atoms with Gasteiger partial charge in [0.15, 0.2) is 0 Å². The van der Waals surface area contributed by atoms with E-state index >= 15 is 0 Å². The summed E-state index contributed by atoms with van der Waals surface area (Å²) in [7, 11) is -0.715. The van der Waals surface area contributed by atoms with Crippen molar-refractivity contribution < 1.29 is 23.1 Å². The second-order valence-electron chi connectivity index (χ2n) is 4.05. The van der Waals surface area contributed by atoms with E-state index in [0.29, 0.717) is 6.61 Å². The first-order valence-electron chi connectivity index (χ1n) is 5.64. The molecule has 19 heavy (non-hydrogen) atoms. The third kappa shape index (κ3) is 4.30. The largest absolute Gasteiger partial charge is 0.481 e. The first-order chi connectivity index (χ1) is 8.87. The second-order valence-corrected chi connectivity index (χ2v) is 6.09. The van der Waals surface area contributed by atoms with Crippen LogP contribution in [0.25, 0.3) is 0 Å². The minimum atomic E-state index is -3.64. The fourth-order valence-corrected chi connectivity index (χ4v) is 2.65. The van der Waals surface area contributed by atoms with E-state index in [1.54, 1.807) is 19.2 Å². The van der Waals surface area contributed by atoms with Crippen LogP contribution in [0, 0.1) is 0 Å². The molecule has 1 rings (SSSR count). The Morgan fingerprint density at radius 2 is 1.89 bits per heavy atom. The predicted octanol–water partition coefficient (Wildman–Crippen LogP) is 0.928. The van der Waals surface area contributed by atoms with E-state index in [4.69, 9.17) is 9.84 Å². The van der Waals surface area contributed by atoms with Crippen molar-refractivity contribution in [3.05, 3.63) is 29.8 Å². The Bertz CT molecular complexity index is 524. The van der Waals surface area contributed by atoms with Gasteiger partial charge in [-0.15, -0.1) is 0 Å². The van der Waals surface area contributed by atoms with Crippen LogP contribution in [0.15, 0.2) is 29.2 Å². The molecule has 1 aromatic rings. The number of benzene rings is 1. The maximum absolute atomic E-state index is 12.1. The molecule has 0 unspecified atom stereocenters. The third-order valence-electron chi connectivity index (χ3n) is 2.58. The first kappa shape index (κ1) is 15.6. The lowest BCUT2D eigenvalue weighted by Crippen LogP contribution is -2.29. The summed E-state index contributed by atoms with van der Waals surface area (Å²) in [5.74, 6) is -1.03. The molecule has 7 heteroatoms. The van der Waals surface area contributed by atoms with Crippen molar-refractivity contribution in [3.8, 4) is 0 Å². The number of aliphatic carboxylic acids is 1. The van der Waals surface area contributed by atoms with Crippen molar-refractivity contribution in [2.75, 3.05) is 20.7 Å². The standard InChI is InChI=1S/C12H17NO5S/c1-13(8-7-12(14)15)19(16,17)11-5-3-10(4-6-11)9-18-2/h3-6H,7-9H2,1-2H3,(H,14,15). The molecule has 0 amide bonds. The Balaban J connectivity index is 2.84. The van der Waals surface area contributed by atoms with Gasteiger partial charge in [-0.05, 0) is 17.7 Å². The Kier molecular flexibility index (Phi) is 5.46. The zero-order chi connectivity index (χ0) is 14.5. The first-order valence-corrected chi connectivity index (χ1v) is 7.08. The summed E-state index contributed by atoms with van der Waals surface area (Å²) in [5.41, 5.74) is 0.870. The van der Waals surface area contributed by atoms with Gasteiger partial charge >= 0.3 is 5.97 Å². The summed E-state index contributed by atoms with van der Waals surface area (Å²) in [4.78, 5) is 10.6. The molecular weight excluding hydrogens is 270 g/mol. The van der Waals surface area contributed by atoms with Crippen molar-refractivity contribution in [2.24, 2.45) is 0 Å². The monoisotopic (exact) mass is 287 g/mol. The Hall–Kier alpha value is -1.44. The van der Waals surface area contributed by atoms with Crippen molar-refractivity contribution >= 4 is 16.0 Å². The molecule has 0 aromatic heterocycles. The van der Waals surface area contributed by atoms with Crippen LogP contribution in [0.5, 0.6) is 0 Å². The molecule has 1 aromatic carbocycles. The highest BCUT2D eigenvalue weighted by Crippen LogP contribution is 2.15. The topological polar surface area (TPSA) is 83.9 Å². The van der Waals surface area contributed by atoms with Gasteiger partial charge in [-0.2, -0.15) is 0 Å². The van der Waals surface area contributed by atoms with Crippen molar-refractivity contribution in [2.45, 2.75) is 17.9 Å². The quantitative estimate of drug-likeness (QED) is 0.806. The Morgan fingerprint density at radius 3 is 2.37 bits per heavy atom. The molecule has 0 heterocycles. The molecule has 0 aliphatic rings. The number of hydrogen-bond acceptors (Lipinski definition) is 4. The highest BCUT2D eigenvalue weighted by atomic mass is 32.2. The minimum Gasteiger partial charge on any atom is -0.481 e. The average Bonchev–Trinajstić information content (AvgIpc) is 2.36. The molecule has 0 spiro atoms. The lowest BCUT2D eigenvalue weighted by Gasteiger charge is -2.16. The number of carbonyl (C=O) groups is 1. The minimum absolute atomic E-state index is 0.0580. The van der Waals surface area contributed by atoms with Crippen LogP contribution in [-0.2, 0) is 26.2 Å². The third-order valence-corrected chi connectivity index (χ3v) is 4.45. The molecule has 0 fully saturated rings. The van der Waals surface area contributed by atoms with Crippen LogP contribution >= 0.6 is 0 Å². The molecule has 0 saturated heterocycles. The summed E-state index contributed by atoms with van der Waals surface area (Å²) in [6, 6.07) is 6.31. The Labute approximate surface area is 112 Å². The van der Waals surface area contributed by atoms with E-state index in [1.165, 1.54) is 19.2 Å². The zero-order valence-corrected chi connectivity index (χ0v) is 11.7. The van der Waals surface area contributed by atoms with Gasteiger partial charge in [-0.3, -0.25) is 4.79 Å². The van der Waals surface area contributed by atoms with Crippen LogP contribution < -0.4 is 0 Å². The number of carboxylic acids is 1. The van der Waals surface area contributed by atoms with E-state index < -0.39 is 16.0 Å². The number of carboxylic acid groups (broad SMARTS) is 1. The smallest absolute Gasteiger partial charge is 0.304 e. The molecule has 0 bridgehead atoms. The van der Waals surface area contributed by atoms with Crippen molar-refractivity contribution in [3.63, 3.8) is 0 Å². The van der Waals surface area contributed by atoms with Crippen LogP contribution in [0.1, 0.15) is 12.0 Å². The number of ether oxygens (including phenoxy) is 1. The van der Waals surface area contributed by atoms with E-state index in [2.05, 4.69) is 0 Å². The van der Waals surface area contributed by atoms with Gasteiger partial charge in [-0.1, -0.05) is 12.1 Å². The normalized spacial score (nSPS) is 11.7. The fourth-order valence-electron chi connectivity index (χ4n) is 1.48. The van der Waals surface area contributed by atoms with Gasteiger partial charge in [-0.25, -0.2) is 12.7 Å². The van der Waals surface area contributed by atoms with E-state index in [1.807, 2.05) is 0 Å². The number of hydrogen-bond donors (Lipinski definition) is 1. The lowest BCUT2D eigenvalue weighted by molar-refractivity contribution is -0.137. The summed E-state index contributed by atoms with van der Waals surface area (Å²) in [6.07, 6.45) is -0.225. The summed E-state index contributed by atoms with van der Waals surface area (Å²) in [5, 5.41) is 8.56. The number of rotatable bonds is 7. The lowest BCUT2D eigenvalue weighted by atomic mass is 10.2. The van der Waals surface area contributed by atoms with Crippen molar-refractivity contribution in [1.82, 2.24) is 4.31 Å². The van der Waals surface area contributed by atoms with Crippen molar-refractivity contribution in [1.29, 1.82) is 0 Å². The highest BCUT2D eigenvalue weighted by Gasteiger charge is 2.20. The second kappa shape index (κ2) is 6.65. The summed E-state index contributed by atoms with van der Waals surface area (Å²) < 4.78 is 30.2. The van der Waals surface area contributed by atoms with E-state index in [0.717, 1.165) is 9.87 Å². The SMILES string of the molecule is COCc1ccc(S(=O)(=O)N(C)CCC(=O)O)cc1. The number of sulfonamides is 1. The van der Waals surface area contributed by atoms with Crippen LogP contribution in [-0.4, -0.2) is 44.5 Å². The summed E-state index contributed by atoms with van der Waals surface area (Å²) >= 11 is 0.